The Labute approximate surface area is 206 Å². The number of aryl methyl sites for hydroxylation is 1. The third kappa shape index (κ3) is 12.1. The number of nitrogens with zero attached hydrogens (tertiary/aromatic N) is 2. The molecule has 0 N–H and O–H groups in total. The maximum atomic E-state index is 12.0. The molecule has 1 heterocycles. The van der Waals surface area contributed by atoms with Crippen LogP contribution in [0.25, 0.3) is 11.4 Å². The quantitative estimate of drug-likeness (QED) is 0.129. The molecule has 0 aliphatic rings. The second-order valence-corrected chi connectivity index (χ2v) is 8.70. The molecule has 2 rings (SSSR count). The Bertz CT molecular complexity index is 816. The van der Waals surface area contributed by atoms with Gasteiger partial charge in [-0.2, -0.15) is 0 Å². The monoisotopic (exact) mass is 466 g/mol. The van der Waals surface area contributed by atoms with Crippen LogP contribution in [0.5, 0.6) is 5.75 Å². The predicted molar refractivity (Wildman–Crippen MR) is 139 cm³/mol. The fraction of sp³-hybridized carbons (Fsp3) is 0.552. The van der Waals surface area contributed by atoms with Crippen LogP contribution in [-0.4, -0.2) is 29.2 Å². The third-order valence-corrected chi connectivity index (χ3v) is 5.57. The highest BCUT2D eigenvalue weighted by Gasteiger charge is 2.07. The number of hydrogen-bond donors (Lipinski definition) is 0. The van der Waals surface area contributed by atoms with Gasteiger partial charge in [-0.3, -0.25) is 4.79 Å². The van der Waals surface area contributed by atoms with Crippen LogP contribution in [0.2, 0.25) is 0 Å². The van der Waals surface area contributed by atoms with Crippen molar-refractivity contribution in [1.29, 1.82) is 0 Å². The van der Waals surface area contributed by atoms with Gasteiger partial charge >= 0.3 is 5.97 Å². The molecule has 5 heteroatoms. The first-order valence-electron chi connectivity index (χ1n) is 13.1. The highest BCUT2D eigenvalue weighted by molar-refractivity contribution is 5.72. The van der Waals surface area contributed by atoms with Crippen molar-refractivity contribution in [3.05, 3.63) is 54.4 Å². The molecule has 0 spiro atoms. The summed E-state index contributed by atoms with van der Waals surface area (Å²) in [5.41, 5.74) is 2.28. The fourth-order valence-electron chi connectivity index (χ4n) is 3.57. The van der Waals surface area contributed by atoms with Crippen LogP contribution in [0.15, 0.2) is 48.8 Å². The maximum absolute atomic E-state index is 12.0. The van der Waals surface area contributed by atoms with Crippen molar-refractivity contribution in [2.45, 2.75) is 90.9 Å². The zero-order valence-corrected chi connectivity index (χ0v) is 21.1. The summed E-state index contributed by atoms with van der Waals surface area (Å²) in [5.74, 6) is 0.801. The van der Waals surface area contributed by atoms with E-state index in [-0.39, 0.29) is 5.97 Å². The molecule has 5 nitrogen and oxygen atoms in total. The third-order valence-electron chi connectivity index (χ3n) is 5.57. The Kier molecular flexibility index (Phi) is 14.6. The van der Waals surface area contributed by atoms with E-state index in [1.54, 1.807) is 12.4 Å². The summed E-state index contributed by atoms with van der Waals surface area (Å²) >= 11 is 0. The second-order valence-electron chi connectivity index (χ2n) is 8.70. The molecule has 34 heavy (non-hydrogen) atoms. The first-order chi connectivity index (χ1) is 16.7. The number of allylic oxidation sites excluding steroid dienone is 2. The summed E-state index contributed by atoms with van der Waals surface area (Å²) in [4.78, 5) is 20.8. The highest BCUT2D eigenvalue weighted by Crippen LogP contribution is 2.19. The molecule has 0 aliphatic carbocycles. The van der Waals surface area contributed by atoms with Gasteiger partial charge in [-0.1, -0.05) is 69.5 Å². The zero-order valence-electron chi connectivity index (χ0n) is 21.1. The van der Waals surface area contributed by atoms with Gasteiger partial charge in [0.25, 0.3) is 0 Å². The number of carbonyl (C=O) groups excluding carboxylic acids is 1. The van der Waals surface area contributed by atoms with Gasteiger partial charge in [0.15, 0.2) is 11.6 Å². The van der Waals surface area contributed by atoms with Crippen molar-refractivity contribution in [3.8, 4) is 17.1 Å². The molecule has 0 fully saturated rings. The van der Waals surface area contributed by atoms with Crippen LogP contribution >= 0.6 is 0 Å². The molecular weight excluding hydrogens is 424 g/mol. The molecular formula is C29H42N2O3. The van der Waals surface area contributed by atoms with Gasteiger partial charge in [-0.15, -0.1) is 0 Å². The van der Waals surface area contributed by atoms with E-state index in [1.165, 1.54) is 31.2 Å². The summed E-state index contributed by atoms with van der Waals surface area (Å²) in [7, 11) is 0. The molecule has 0 amide bonds. The van der Waals surface area contributed by atoms with Gasteiger partial charge in [0.2, 0.25) is 0 Å². The van der Waals surface area contributed by atoms with Crippen LogP contribution < -0.4 is 4.74 Å². The van der Waals surface area contributed by atoms with E-state index in [1.807, 2.05) is 0 Å². The maximum Gasteiger partial charge on any atom is 0.311 e. The summed E-state index contributed by atoms with van der Waals surface area (Å²) in [6.07, 6.45) is 20.1. The molecule has 0 atom stereocenters. The summed E-state index contributed by atoms with van der Waals surface area (Å²) in [6.45, 7) is 6.07. The molecule has 186 valence electrons. The minimum Gasteiger partial charge on any atom is -0.423 e. The lowest BCUT2D eigenvalue weighted by atomic mass is 10.0. The first kappa shape index (κ1) is 27.7. The SMILES string of the molecule is CCCC/C=C/CCCCC(=O)Oc1cnc(-c2ccc(CCCCCOCCC)cc2)nc1. The first-order valence-corrected chi connectivity index (χ1v) is 13.1. The Balaban J connectivity index is 1.66. The molecule has 1 aromatic carbocycles. The molecule has 0 aliphatic heterocycles. The minimum atomic E-state index is -0.229. The van der Waals surface area contributed by atoms with Crippen molar-refractivity contribution in [2.75, 3.05) is 13.2 Å². The van der Waals surface area contributed by atoms with Crippen molar-refractivity contribution < 1.29 is 14.3 Å². The van der Waals surface area contributed by atoms with E-state index in [4.69, 9.17) is 9.47 Å². The Hall–Kier alpha value is -2.53. The largest absolute Gasteiger partial charge is 0.423 e. The van der Waals surface area contributed by atoms with E-state index in [2.05, 4.69) is 60.2 Å². The van der Waals surface area contributed by atoms with Crippen LogP contribution in [0, 0.1) is 0 Å². The number of esters is 1. The van der Waals surface area contributed by atoms with Crippen molar-refractivity contribution in [3.63, 3.8) is 0 Å². The van der Waals surface area contributed by atoms with E-state index in [9.17, 15) is 4.79 Å². The number of hydrogen-bond acceptors (Lipinski definition) is 5. The molecule has 0 saturated heterocycles. The number of benzene rings is 1. The van der Waals surface area contributed by atoms with Crippen LogP contribution in [0.1, 0.15) is 90.0 Å². The molecule has 0 bridgehead atoms. The van der Waals surface area contributed by atoms with E-state index >= 15 is 0 Å². The standard InChI is InChI=1S/C29H42N2O3/c1-3-5-6-7-8-9-10-13-16-28(32)34-27-23-30-29(31-24-27)26-19-17-25(18-20-26)15-12-11-14-22-33-21-4-2/h7-8,17-20,23-24H,3-6,9-16,21-22H2,1-2H3/b8-7+. The van der Waals surface area contributed by atoms with Crippen LogP contribution in [0.4, 0.5) is 0 Å². The van der Waals surface area contributed by atoms with Crippen LogP contribution in [-0.2, 0) is 16.0 Å². The van der Waals surface area contributed by atoms with Crippen molar-refractivity contribution in [2.24, 2.45) is 0 Å². The second kappa shape index (κ2) is 17.9. The number of rotatable bonds is 18. The van der Waals surface area contributed by atoms with Gasteiger partial charge in [-0.05, 0) is 56.9 Å². The van der Waals surface area contributed by atoms with Gasteiger partial charge in [-0.25, -0.2) is 9.97 Å². The summed E-state index contributed by atoms with van der Waals surface area (Å²) < 4.78 is 10.9. The van der Waals surface area contributed by atoms with E-state index < -0.39 is 0 Å². The van der Waals surface area contributed by atoms with E-state index in [0.717, 1.165) is 63.7 Å². The highest BCUT2D eigenvalue weighted by atomic mass is 16.5. The average molecular weight is 467 g/mol. The van der Waals surface area contributed by atoms with Gasteiger partial charge < -0.3 is 9.47 Å². The average Bonchev–Trinajstić information content (AvgIpc) is 2.86. The molecule has 0 saturated carbocycles. The normalized spacial score (nSPS) is 11.2. The Morgan fingerprint density at radius 1 is 0.824 bits per heavy atom. The lowest BCUT2D eigenvalue weighted by Gasteiger charge is -2.06. The predicted octanol–water partition coefficient (Wildman–Crippen LogP) is 7.50. The van der Waals surface area contributed by atoms with Crippen LogP contribution in [0.3, 0.4) is 0 Å². The zero-order chi connectivity index (χ0) is 24.3. The number of aromatic nitrogens is 2. The molecule has 0 radical (unpaired) electrons. The van der Waals surface area contributed by atoms with Crippen molar-refractivity contribution in [1.82, 2.24) is 9.97 Å². The van der Waals surface area contributed by atoms with Crippen molar-refractivity contribution >= 4 is 5.97 Å². The lowest BCUT2D eigenvalue weighted by molar-refractivity contribution is -0.134. The molecule has 2 aromatic rings. The fourth-order valence-corrected chi connectivity index (χ4v) is 3.57. The Morgan fingerprint density at radius 3 is 2.26 bits per heavy atom. The van der Waals surface area contributed by atoms with Gasteiger partial charge in [0.05, 0.1) is 12.4 Å². The van der Waals surface area contributed by atoms with E-state index in [0.29, 0.717) is 18.0 Å². The Morgan fingerprint density at radius 2 is 1.56 bits per heavy atom. The number of ether oxygens (including phenoxy) is 2. The lowest BCUT2D eigenvalue weighted by Crippen LogP contribution is -2.08. The minimum absolute atomic E-state index is 0.229. The molecule has 0 unspecified atom stereocenters. The smallest absolute Gasteiger partial charge is 0.311 e. The molecule has 1 aromatic heterocycles. The summed E-state index contributed by atoms with van der Waals surface area (Å²) in [5, 5.41) is 0. The number of unbranched alkanes of at least 4 members (excludes halogenated alkanes) is 6. The summed E-state index contributed by atoms with van der Waals surface area (Å²) in [6, 6.07) is 8.38. The van der Waals surface area contributed by atoms with Gasteiger partial charge in [0, 0.05) is 25.2 Å². The number of carbonyl (C=O) groups is 1. The topological polar surface area (TPSA) is 61.3 Å². The van der Waals surface area contributed by atoms with Gasteiger partial charge in [0.1, 0.15) is 0 Å².